The van der Waals surface area contributed by atoms with Crippen LogP contribution in [0.4, 0.5) is 0 Å². The summed E-state index contributed by atoms with van der Waals surface area (Å²) in [5.41, 5.74) is 0.980. The molecule has 1 aliphatic rings. The summed E-state index contributed by atoms with van der Waals surface area (Å²) in [7, 11) is 0. The van der Waals surface area contributed by atoms with Crippen LogP contribution >= 0.6 is 11.3 Å². The minimum Gasteiger partial charge on any atom is -0.492 e. The molecular formula is C21H22N2O4S. The first-order chi connectivity index (χ1) is 13.7. The molecule has 146 valence electrons. The Morgan fingerprint density at radius 1 is 1.21 bits per heavy atom. The van der Waals surface area contributed by atoms with E-state index in [0.717, 1.165) is 28.9 Å². The molecule has 2 heterocycles. The molecule has 0 fully saturated rings. The normalized spacial score (nSPS) is 16.4. The summed E-state index contributed by atoms with van der Waals surface area (Å²) >= 11 is 1.48. The Bertz CT molecular complexity index is 1070. The van der Waals surface area contributed by atoms with E-state index in [0.29, 0.717) is 22.9 Å². The summed E-state index contributed by atoms with van der Waals surface area (Å²) in [4.78, 5) is 17.9. The van der Waals surface area contributed by atoms with Crippen LogP contribution in [0.5, 0.6) is 17.2 Å². The fourth-order valence-electron chi connectivity index (χ4n) is 3.19. The summed E-state index contributed by atoms with van der Waals surface area (Å²) in [6.45, 7) is 5.55. The number of hydrogen-bond acceptors (Lipinski definition) is 5. The summed E-state index contributed by atoms with van der Waals surface area (Å²) in [5.74, 6) is 1.68. The molecule has 0 spiro atoms. The van der Waals surface area contributed by atoms with Gasteiger partial charge in [0.25, 0.3) is 5.91 Å². The molecule has 0 saturated carbocycles. The van der Waals surface area contributed by atoms with Crippen LogP contribution in [-0.2, 0) is 11.3 Å². The summed E-state index contributed by atoms with van der Waals surface area (Å²) in [5, 5.41) is 0. The highest BCUT2D eigenvalue weighted by atomic mass is 32.1. The van der Waals surface area contributed by atoms with Crippen molar-refractivity contribution in [3.8, 4) is 17.2 Å². The highest BCUT2D eigenvalue weighted by molar-refractivity contribution is 7.16. The molecule has 3 aromatic rings. The second-order valence-corrected chi connectivity index (χ2v) is 7.40. The first-order valence-corrected chi connectivity index (χ1v) is 10.2. The van der Waals surface area contributed by atoms with Crippen molar-refractivity contribution in [2.24, 2.45) is 4.99 Å². The molecule has 0 aliphatic carbocycles. The van der Waals surface area contributed by atoms with Crippen LogP contribution in [-0.4, -0.2) is 29.8 Å². The van der Waals surface area contributed by atoms with Crippen molar-refractivity contribution in [2.75, 3.05) is 13.2 Å². The van der Waals surface area contributed by atoms with Gasteiger partial charge in [-0.3, -0.25) is 4.79 Å². The van der Waals surface area contributed by atoms with Crippen molar-refractivity contribution in [2.45, 2.75) is 32.9 Å². The molecule has 0 bridgehead atoms. The zero-order valence-corrected chi connectivity index (χ0v) is 16.7. The first kappa shape index (κ1) is 18.6. The number of fused-ring (bicyclic) bond motifs is 2. The van der Waals surface area contributed by atoms with E-state index >= 15 is 0 Å². The van der Waals surface area contributed by atoms with Gasteiger partial charge in [0.05, 0.1) is 11.3 Å². The number of rotatable bonds is 5. The largest absolute Gasteiger partial charge is 0.492 e. The molecule has 1 aliphatic heterocycles. The van der Waals surface area contributed by atoms with Gasteiger partial charge in [-0.2, -0.15) is 4.99 Å². The highest BCUT2D eigenvalue weighted by Crippen LogP contribution is 2.31. The maximum Gasteiger partial charge on any atom is 0.292 e. The van der Waals surface area contributed by atoms with Crippen molar-refractivity contribution in [1.82, 2.24) is 4.57 Å². The van der Waals surface area contributed by atoms with Crippen LogP contribution in [0, 0.1) is 0 Å². The molecule has 0 radical (unpaired) electrons. The van der Waals surface area contributed by atoms with E-state index in [1.807, 2.05) is 43.3 Å². The number of benzene rings is 2. The Morgan fingerprint density at radius 2 is 2.04 bits per heavy atom. The van der Waals surface area contributed by atoms with E-state index in [-0.39, 0.29) is 12.5 Å². The molecule has 0 N–H and O–H groups in total. The average Bonchev–Trinajstić information content (AvgIpc) is 3.06. The number of nitrogens with zero attached hydrogens (tertiary/aromatic N) is 2. The number of aromatic nitrogens is 1. The Kier molecular flexibility index (Phi) is 5.34. The number of hydrogen-bond donors (Lipinski definition) is 0. The van der Waals surface area contributed by atoms with Gasteiger partial charge < -0.3 is 18.8 Å². The molecule has 6 nitrogen and oxygen atoms in total. The standard InChI is InChI=1S/C21H22N2O4S/c1-3-12-23-19-16(25-4-2)10-7-11-18(19)28-21(23)22-20(24)17-13-26-14-8-5-6-9-15(14)27-17/h5-11,17H,3-4,12-13H2,1-2H3. The van der Waals surface area contributed by atoms with Gasteiger partial charge in [0.15, 0.2) is 16.3 Å². The van der Waals surface area contributed by atoms with Crippen molar-refractivity contribution >= 4 is 27.5 Å². The molecule has 4 rings (SSSR count). The van der Waals surface area contributed by atoms with Gasteiger partial charge in [0, 0.05) is 6.54 Å². The SMILES string of the molecule is CCCn1c(=NC(=O)C2COc3ccccc3O2)sc2cccc(OCC)c21. The van der Waals surface area contributed by atoms with Gasteiger partial charge in [-0.15, -0.1) is 0 Å². The molecule has 1 amide bonds. The van der Waals surface area contributed by atoms with E-state index < -0.39 is 6.10 Å². The van der Waals surface area contributed by atoms with Gasteiger partial charge in [0.1, 0.15) is 17.9 Å². The smallest absolute Gasteiger partial charge is 0.292 e. The third-order valence-corrected chi connectivity index (χ3v) is 5.44. The quantitative estimate of drug-likeness (QED) is 0.656. The Morgan fingerprint density at radius 3 is 2.82 bits per heavy atom. The molecule has 2 aromatic carbocycles. The third-order valence-electron chi connectivity index (χ3n) is 4.40. The minimum absolute atomic E-state index is 0.155. The molecule has 1 atom stereocenters. The number of para-hydroxylation sites is 3. The van der Waals surface area contributed by atoms with E-state index in [1.165, 1.54) is 11.3 Å². The van der Waals surface area contributed by atoms with Crippen molar-refractivity contribution < 1.29 is 19.0 Å². The Hall–Kier alpha value is -2.80. The van der Waals surface area contributed by atoms with Crippen LogP contribution in [0.15, 0.2) is 47.5 Å². The average molecular weight is 398 g/mol. The van der Waals surface area contributed by atoms with Crippen molar-refractivity contribution in [3.05, 3.63) is 47.3 Å². The summed E-state index contributed by atoms with van der Waals surface area (Å²) in [6.07, 6.45) is 0.172. The predicted molar refractivity (Wildman–Crippen MR) is 108 cm³/mol. The summed E-state index contributed by atoms with van der Waals surface area (Å²) < 4.78 is 20.3. The Balaban J connectivity index is 1.72. The van der Waals surface area contributed by atoms with Crippen LogP contribution in [0.3, 0.4) is 0 Å². The number of ether oxygens (including phenoxy) is 3. The second-order valence-electron chi connectivity index (χ2n) is 6.39. The van der Waals surface area contributed by atoms with Crippen LogP contribution in [0.2, 0.25) is 0 Å². The van der Waals surface area contributed by atoms with E-state index in [2.05, 4.69) is 16.5 Å². The number of aryl methyl sites for hydroxylation is 1. The van der Waals surface area contributed by atoms with E-state index in [4.69, 9.17) is 14.2 Å². The lowest BCUT2D eigenvalue weighted by Crippen LogP contribution is -2.36. The second kappa shape index (κ2) is 8.06. The monoisotopic (exact) mass is 398 g/mol. The first-order valence-electron chi connectivity index (χ1n) is 9.43. The zero-order chi connectivity index (χ0) is 19.5. The van der Waals surface area contributed by atoms with Crippen LogP contribution in [0.25, 0.3) is 10.2 Å². The van der Waals surface area contributed by atoms with Gasteiger partial charge >= 0.3 is 0 Å². The topological polar surface area (TPSA) is 62.1 Å². The molecule has 28 heavy (non-hydrogen) atoms. The Labute approximate surface area is 167 Å². The number of amides is 1. The van der Waals surface area contributed by atoms with E-state index in [1.54, 1.807) is 6.07 Å². The maximum atomic E-state index is 12.8. The lowest BCUT2D eigenvalue weighted by atomic mass is 10.2. The fourth-order valence-corrected chi connectivity index (χ4v) is 4.27. The number of thiazole rings is 1. The minimum atomic E-state index is -0.749. The lowest BCUT2D eigenvalue weighted by molar-refractivity contribution is -0.127. The third kappa shape index (κ3) is 3.49. The molecular weight excluding hydrogens is 376 g/mol. The van der Waals surface area contributed by atoms with Crippen LogP contribution < -0.4 is 19.0 Å². The summed E-state index contributed by atoms with van der Waals surface area (Å²) in [6, 6.07) is 13.3. The van der Waals surface area contributed by atoms with Gasteiger partial charge in [-0.1, -0.05) is 36.5 Å². The number of carbonyl (C=O) groups is 1. The van der Waals surface area contributed by atoms with Gasteiger partial charge in [0.2, 0.25) is 6.10 Å². The molecule has 0 saturated heterocycles. The molecule has 1 unspecified atom stereocenters. The molecule has 1 aromatic heterocycles. The van der Waals surface area contributed by atoms with Gasteiger partial charge in [-0.05, 0) is 37.6 Å². The van der Waals surface area contributed by atoms with E-state index in [9.17, 15) is 4.79 Å². The predicted octanol–water partition coefficient (Wildman–Crippen LogP) is 3.78. The fraction of sp³-hybridized carbons (Fsp3) is 0.333. The molecule has 7 heteroatoms. The maximum absolute atomic E-state index is 12.8. The number of carbonyl (C=O) groups excluding carboxylic acids is 1. The lowest BCUT2D eigenvalue weighted by Gasteiger charge is -2.23. The van der Waals surface area contributed by atoms with Crippen molar-refractivity contribution in [3.63, 3.8) is 0 Å². The zero-order valence-electron chi connectivity index (χ0n) is 15.9. The van der Waals surface area contributed by atoms with Crippen molar-refractivity contribution in [1.29, 1.82) is 0 Å². The van der Waals surface area contributed by atoms with Gasteiger partial charge in [-0.25, -0.2) is 0 Å². The highest BCUT2D eigenvalue weighted by Gasteiger charge is 2.27. The van der Waals surface area contributed by atoms with Crippen LogP contribution in [0.1, 0.15) is 20.3 Å².